The quantitative estimate of drug-likeness (QED) is 0.581. The summed E-state index contributed by atoms with van der Waals surface area (Å²) in [6.45, 7) is 3.20. The fourth-order valence-corrected chi connectivity index (χ4v) is 3.92. The number of anilines is 2. The Bertz CT molecular complexity index is 1230. The van der Waals surface area contributed by atoms with Gasteiger partial charge >= 0.3 is 0 Å². The number of hydrogen-bond acceptors (Lipinski definition) is 7. The summed E-state index contributed by atoms with van der Waals surface area (Å²) in [4.78, 5) is 23.5. The molecule has 1 saturated heterocycles. The molecule has 0 spiro atoms. The van der Waals surface area contributed by atoms with Crippen LogP contribution < -0.4 is 15.8 Å². The van der Waals surface area contributed by atoms with Crippen molar-refractivity contribution in [3.8, 4) is 0 Å². The smallest absolute Gasteiger partial charge is 0.275 e. The Morgan fingerprint density at radius 3 is 2.58 bits per heavy atom. The molecule has 4 rings (SSSR count). The van der Waals surface area contributed by atoms with Gasteiger partial charge in [-0.05, 0) is 13.0 Å². The van der Waals surface area contributed by atoms with Crippen molar-refractivity contribution in [3.05, 3.63) is 57.4 Å². The van der Waals surface area contributed by atoms with Gasteiger partial charge in [0.2, 0.25) is 0 Å². The van der Waals surface area contributed by atoms with Crippen LogP contribution >= 0.6 is 0 Å². The Hall–Kier alpha value is -3.18. The zero-order chi connectivity index (χ0) is 23.7. The number of pyridine rings is 1. The van der Waals surface area contributed by atoms with E-state index in [1.807, 2.05) is 4.90 Å². The molecule has 0 aliphatic carbocycles. The third kappa shape index (κ3) is 4.38. The van der Waals surface area contributed by atoms with Crippen LogP contribution in [-0.2, 0) is 18.4 Å². The van der Waals surface area contributed by atoms with E-state index in [2.05, 4.69) is 15.3 Å². The first-order valence-corrected chi connectivity index (χ1v) is 10.5. The molecule has 1 aliphatic rings. The first-order chi connectivity index (χ1) is 15.8. The Kier molecular flexibility index (Phi) is 6.52. The minimum Gasteiger partial charge on any atom is -0.388 e. The summed E-state index contributed by atoms with van der Waals surface area (Å²) < 4.78 is 47.7. The van der Waals surface area contributed by atoms with Crippen molar-refractivity contribution < 1.29 is 23.0 Å². The van der Waals surface area contributed by atoms with Gasteiger partial charge in [-0.3, -0.25) is 9.36 Å². The fraction of sp³-hybridized carbons (Fsp3) is 0.409. The van der Waals surface area contributed by atoms with Crippen molar-refractivity contribution in [1.29, 1.82) is 0 Å². The summed E-state index contributed by atoms with van der Waals surface area (Å²) in [6.07, 6.45) is -2.94. The molecule has 3 heterocycles. The van der Waals surface area contributed by atoms with Gasteiger partial charge in [0, 0.05) is 25.7 Å². The average Bonchev–Trinajstić information content (AvgIpc) is 2.81. The third-order valence-electron chi connectivity index (χ3n) is 5.70. The van der Waals surface area contributed by atoms with E-state index in [1.54, 1.807) is 20.0 Å². The molecule has 3 aromatic rings. The van der Waals surface area contributed by atoms with Crippen molar-refractivity contribution in [3.63, 3.8) is 0 Å². The molecule has 0 saturated carbocycles. The van der Waals surface area contributed by atoms with E-state index >= 15 is 0 Å². The van der Waals surface area contributed by atoms with Gasteiger partial charge in [0.15, 0.2) is 5.82 Å². The first-order valence-electron chi connectivity index (χ1n) is 10.5. The van der Waals surface area contributed by atoms with Crippen LogP contribution in [0.15, 0.2) is 29.1 Å². The second kappa shape index (κ2) is 9.36. The highest BCUT2D eigenvalue weighted by Crippen LogP contribution is 2.31. The average molecular weight is 463 g/mol. The van der Waals surface area contributed by atoms with Crippen LogP contribution in [-0.4, -0.2) is 45.9 Å². The molecule has 0 radical (unpaired) electrons. The van der Waals surface area contributed by atoms with Crippen LogP contribution in [0, 0.1) is 5.82 Å². The van der Waals surface area contributed by atoms with E-state index in [-0.39, 0.29) is 28.4 Å². The molecule has 2 aromatic heterocycles. The van der Waals surface area contributed by atoms with Crippen LogP contribution in [0.2, 0.25) is 0 Å². The Labute approximate surface area is 187 Å². The lowest BCUT2D eigenvalue weighted by Crippen LogP contribution is -2.40. The number of nitrogens with zero attached hydrogens (tertiary/aromatic N) is 4. The number of morpholine rings is 1. The highest BCUT2D eigenvalue weighted by atomic mass is 19.3. The molecule has 1 fully saturated rings. The van der Waals surface area contributed by atoms with Gasteiger partial charge in [0.1, 0.15) is 29.6 Å². The number of fused-ring (bicyclic) bond motifs is 1. The molecule has 1 aliphatic heterocycles. The van der Waals surface area contributed by atoms with Crippen molar-refractivity contribution in [2.75, 3.05) is 36.5 Å². The van der Waals surface area contributed by atoms with Gasteiger partial charge in [-0.15, -0.1) is 0 Å². The number of benzene rings is 1. The number of ether oxygens (including phenoxy) is 1. The third-order valence-corrected chi connectivity index (χ3v) is 5.70. The number of aryl methyl sites for hydroxylation is 1. The molecule has 2 N–H and O–H groups in total. The normalized spacial score (nSPS) is 15.3. The number of halogens is 3. The van der Waals surface area contributed by atoms with Crippen LogP contribution in [0.25, 0.3) is 11.0 Å². The standard InChI is InChI=1S/C22H24F3N5O3/c1-12(13-4-3-5-14(18(13)23)19(24)25)26-20-15-10-16(30-6-8-33-9-7-30)22(32)29(2)21(15)28-17(11-31)27-20/h3-5,10,12,19,31H,6-9,11H2,1-2H3,(H,26,27,28)/t12-/m1/s1. The maximum absolute atomic E-state index is 14.7. The van der Waals surface area contributed by atoms with Gasteiger partial charge < -0.3 is 20.1 Å². The molecule has 33 heavy (non-hydrogen) atoms. The van der Waals surface area contributed by atoms with E-state index in [4.69, 9.17) is 4.74 Å². The molecular weight excluding hydrogens is 439 g/mol. The van der Waals surface area contributed by atoms with Crippen molar-refractivity contribution in [1.82, 2.24) is 14.5 Å². The maximum Gasteiger partial charge on any atom is 0.275 e. The largest absolute Gasteiger partial charge is 0.388 e. The molecule has 0 unspecified atom stereocenters. The summed E-state index contributed by atoms with van der Waals surface area (Å²) in [6, 6.07) is 4.76. The topological polar surface area (TPSA) is 92.5 Å². The summed E-state index contributed by atoms with van der Waals surface area (Å²) in [5.74, 6) is -0.675. The maximum atomic E-state index is 14.7. The highest BCUT2D eigenvalue weighted by Gasteiger charge is 2.23. The Balaban J connectivity index is 1.82. The van der Waals surface area contributed by atoms with Crippen molar-refractivity contribution in [2.45, 2.75) is 26.0 Å². The number of aliphatic hydroxyl groups excluding tert-OH is 1. The second-order valence-electron chi connectivity index (χ2n) is 7.79. The number of hydrogen-bond donors (Lipinski definition) is 2. The molecule has 176 valence electrons. The van der Waals surface area contributed by atoms with Gasteiger partial charge in [-0.2, -0.15) is 0 Å². The Morgan fingerprint density at radius 1 is 1.21 bits per heavy atom. The lowest BCUT2D eigenvalue weighted by atomic mass is 10.0. The zero-order valence-electron chi connectivity index (χ0n) is 18.2. The predicted molar refractivity (Wildman–Crippen MR) is 117 cm³/mol. The predicted octanol–water partition coefficient (Wildman–Crippen LogP) is 2.91. The number of aromatic nitrogens is 3. The minimum atomic E-state index is -2.94. The van der Waals surface area contributed by atoms with Crippen LogP contribution in [0.5, 0.6) is 0 Å². The van der Waals surface area contributed by atoms with E-state index < -0.39 is 30.5 Å². The molecule has 1 aromatic carbocycles. The van der Waals surface area contributed by atoms with Crippen LogP contribution in [0.3, 0.4) is 0 Å². The second-order valence-corrected chi connectivity index (χ2v) is 7.79. The van der Waals surface area contributed by atoms with Crippen LogP contribution in [0.4, 0.5) is 24.7 Å². The van der Waals surface area contributed by atoms with E-state index in [1.165, 1.54) is 16.7 Å². The lowest BCUT2D eigenvalue weighted by molar-refractivity contribution is 0.122. The molecule has 1 atom stereocenters. The molecule has 0 bridgehead atoms. The van der Waals surface area contributed by atoms with Crippen molar-refractivity contribution >= 4 is 22.5 Å². The van der Waals surface area contributed by atoms with E-state index in [0.29, 0.717) is 37.4 Å². The number of aliphatic hydroxyl groups is 1. The summed E-state index contributed by atoms with van der Waals surface area (Å²) in [5, 5.41) is 13.2. The summed E-state index contributed by atoms with van der Waals surface area (Å²) in [5.41, 5.74) is -0.172. The fourth-order valence-electron chi connectivity index (χ4n) is 3.92. The van der Waals surface area contributed by atoms with Crippen molar-refractivity contribution in [2.24, 2.45) is 7.05 Å². The summed E-state index contributed by atoms with van der Waals surface area (Å²) >= 11 is 0. The summed E-state index contributed by atoms with van der Waals surface area (Å²) in [7, 11) is 1.57. The highest BCUT2D eigenvalue weighted by molar-refractivity contribution is 5.89. The van der Waals surface area contributed by atoms with E-state index in [9.17, 15) is 23.1 Å². The number of alkyl halides is 2. The van der Waals surface area contributed by atoms with Gasteiger partial charge in [0.25, 0.3) is 12.0 Å². The van der Waals surface area contributed by atoms with Gasteiger partial charge in [-0.1, -0.05) is 18.2 Å². The SMILES string of the molecule is C[C@@H](Nc1nc(CO)nc2c1cc(N1CCOCC1)c(=O)n2C)c1cccc(C(F)F)c1F. The monoisotopic (exact) mass is 463 g/mol. The zero-order valence-corrected chi connectivity index (χ0v) is 18.2. The first kappa shape index (κ1) is 23.0. The molecule has 11 heteroatoms. The lowest BCUT2D eigenvalue weighted by Gasteiger charge is -2.29. The number of nitrogens with one attached hydrogen (secondary N) is 1. The number of rotatable bonds is 6. The van der Waals surface area contributed by atoms with Gasteiger partial charge in [-0.25, -0.2) is 23.1 Å². The minimum absolute atomic E-state index is 0.0448. The van der Waals surface area contributed by atoms with Crippen LogP contribution in [0.1, 0.15) is 36.3 Å². The van der Waals surface area contributed by atoms with Gasteiger partial charge in [0.05, 0.1) is 30.2 Å². The molecule has 8 nitrogen and oxygen atoms in total. The Morgan fingerprint density at radius 2 is 1.91 bits per heavy atom. The molecule has 0 amide bonds. The molecular formula is C22H24F3N5O3. The van der Waals surface area contributed by atoms with E-state index in [0.717, 1.165) is 6.07 Å².